The molecule has 0 radical (unpaired) electrons. The molecule has 0 bridgehead atoms. The zero-order chi connectivity index (χ0) is 15.7. The van der Waals surface area contributed by atoms with Gasteiger partial charge in [-0.2, -0.15) is 11.8 Å². The van der Waals surface area contributed by atoms with Gasteiger partial charge >= 0.3 is 5.97 Å². The second-order valence-corrected chi connectivity index (χ2v) is 6.11. The number of rotatable bonds is 9. The Morgan fingerprint density at radius 1 is 1.24 bits per heavy atom. The maximum atomic E-state index is 12.1. The van der Waals surface area contributed by atoms with Crippen molar-refractivity contribution in [2.24, 2.45) is 0 Å². The van der Waals surface area contributed by atoms with Crippen molar-refractivity contribution in [3.05, 3.63) is 35.4 Å². The molecule has 0 aromatic heterocycles. The quantitative estimate of drug-likeness (QED) is 0.734. The number of carbonyl (C=O) groups excluding carboxylic acids is 1. The maximum Gasteiger partial charge on any atom is 0.326 e. The average Bonchev–Trinajstić information content (AvgIpc) is 2.49. The number of hydrogen-bond donors (Lipinski definition) is 2. The van der Waals surface area contributed by atoms with Gasteiger partial charge in [-0.3, -0.25) is 4.79 Å². The summed E-state index contributed by atoms with van der Waals surface area (Å²) in [4.78, 5) is 23.2. The molecule has 116 valence electrons. The molecule has 0 fully saturated rings. The van der Waals surface area contributed by atoms with Gasteiger partial charge in [-0.1, -0.05) is 38.8 Å². The second-order valence-electron chi connectivity index (χ2n) is 4.84. The number of aliphatic carboxylic acids is 1. The monoisotopic (exact) mass is 309 g/mol. The van der Waals surface area contributed by atoms with Crippen molar-refractivity contribution in [3.63, 3.8) is 0 Å². The highest BCUT2D eigenvalue weighted by Crippen LogP contribution is 2.13. The molecule has 0 saturated carbocycles. The molecule has 0 aliphatic carbocycles. The molecule has 0 heterocycles. The molecule has 0 aliphatic heterocycles. The van der Waals surface area contributed by atoms with E-state index in [1.165, 1.54) is 5.56 Å². The van der Waals surface area contributed by atoms with Crippen LogP contribution in [0.25, 0.3) is 0 Å². The highest BCUT2D eigenvalue weighted by molar-refractivity contribution is 7.98. The normalized spacial score (nSPS) is 11.9. The van der Waals surface area contributed by atoms with Crippen LogP contribution in [-0.2, 0) is 10.5 Å². The van der Waals surface area contributed by atoms with Crippen molar-refractivity contribution in [3.8, 4) is 0 Å². The van der Waals surface area contributed by atoms with Gasteiger partial charge in [0.25, 0.3) is 5.91 Å². The summed E-state index contributed by atoms with van der Waals surface area (Å²) in [7, 11) is 0. The summed E-state index contributed by atoms with van der Waals surface area (Å²) < 4.78 is 0. The minimum Gasteiger partial charge on any atom is -0.480 e. The number of unbranched alkanes of at least 4 members (excludes halogenated alkanes) is 1. The molecule has 4 nitrogen and oxygen atoms in total. The van der Waals surface area contributed by atoms with E-state index >= 15 is 0 Å². The van der Waals surface area contributed by atoms with E-state index in [0.717, 1.165) is 24.3 Å². The van der Waals surface area contributed by atoms with Gasteiger partial charge in [-0.05, 0) is 29.9 Å². The van der Waals surface area contributed by atoms with E-state index < -0.39 is 12.0 Å². The van der Waals surface area contributed by atoms with Gasteiger partial charge in [0.15, 0.2) is 0 Å². The van der Waals surface area contributed by atoms with Crippen LogP contribution in [0.5, 0.6) is 0 Å². The summed E-state index contributed by atoms with van der Waals surface area (Å²) in [5, 5.41) is 11.7. The molecule has 1 aromatic carbocycles. The van der Waals surface area contributed by atoms with Gasteiger partial charge in [0, 0.05) is 11.3 Å². The van der Waals surface area contributed by atoms with E-state index in [0.29, 0.717) is 12.0 Å². The number of benzene rings is 1. The highest BCUT2D eigenvalue weighted by Gasteiger charge is 2.19. The third-order valence-electron chi connectivity index (χ3n) is 3.14. The highest BCUT2D eigenvalue weighted by atomic mass is 32.2. The van der Waals surface area contributed by atoms with Crippen LogP contribution >= 0.6 is 11.8 Å². The van der Waals surface area contributed by atoms with Gasteiger partial charge in [0.1, 0.15) is 6.04 Å². The predicted molar refractivity (Wildman–Crippen MR) is 86.7 cm³/mol. The molecule has 5 heteroatoms. The summed E-state index contributed by atoms with van der Waals surface area (Å²) in [6.07, 6.45) is 2.15. The summed E-state index contributed by atoms with van der Waals surface area (Å²) in [5.74, 6) is 0.674. The molecular formula is C16H23NO3S. The summed E-state index contributed by atoms with van der Waals surface area (Å²) in [5.41, 5.74) is 1.67. The predicted octanol–water partition coefficient (Wildman–Crippen LogP) is 3.31. The zero-order valence-electron chi connectivity index (χ0n) is 12.6. The molecule has 1 aromatic rings. The molecule has 0 aliphatic rings. The topological polar surface area (TPSA) is 66.4 Å². The number of carboxylic acid groups (broad SMARTS) is 1. The molecule has 1 unspecified atom stereocenters. The molecule has 1 amide bonds. The molecule has 0 saturated heterocycles. The SMILES string of the molecule is CCCCC(NC(=O)c1ccc(CSCC)cc1)C(=O)O. The first-order chi connectivity index (χ1) is 10.1. The Morgan fingerprint density at radius 3 is 2.43 bits per heavy atom. The van der Waals surface area contributed by atoms with Gasteiger partial charge in [-0.25, -0.2) is 4.79 Å². The van der Waals surface area contributed by atoms with E-state index in [9.17, 15) is 9.59 Å². The van der Waals surface area contributed by atoms with Crippen LogP contribution in [0, 0.1) is 0 Å². The molecule has 2 N–H and O–H groups in total. The number of thioether (sulfide) groups is 1. The lowest BCUT2D eigenvalue weighted by molar-refractivity contribution is -0.139. The molecular weight excluding hydrogens is 286 g/mol. The molecule has 1 rings (SSSR count). The summed E-state index contributed by atoms with van der Waals surface area (Å²) in [6.45, 7) is 4.10. The third-order valence-corrected chi connectivity index (χ3v) is 4.08. The lowest BCUT2D eigenvalue weighted by Crippen LogP contribution is -2.40. The van der Waals surface area contributed by atoms with Crippen molar-refractivity contribution < 1.29 is 14.7 Å². The minimum absolute atomic E-state index is 0.326. The average molecular weight is 309 g/mol. The summed E-state index contributed by atoms with van der Waals surface area (Å²) >= 11 is 1.82. The van der Waals surface area contributed by atoms with E-state index in [4.69, 9.17) is 5.11 Å². The van der Waals surface area contributed by atoms with Crippen LogP contribution in [-0.4, -0.2) is 28.8 Å². The van der Waals surface area contributed by atoms with E-state index in [1.54, 1.807) is 12.1 Å². The van der Waals surface area contributed by atoms with Crippen molar-refractivity contribution in [2.75, 3.05) is 5.75 Å². The van der Waals surface area contributed by atoms with Crippen molar-refractivity contribution in [1.82, 2.24) is 5.32 Å². The Kier molecular flexibility index (Phi) is 7.90. The maximum absolute atomic E-state index is 12.1. The molecule has 0 spiro atoms. The first-order valence-electron chi connectivity index (χ1n) is 7.28. The minimum atomic E-state index is -0.979. The van der Waals surface area contributed by atoms with Crippen LogP contribution in [0.1, 0.15) is 49.0 Å². The number of nitrogens with one attached hydrogen (secondary N) is 1. The largest absolute Gasteiger partial charge is 0.480 e. The standard InChI is InChI=1S/C16H23NO3S/c1-3-5-6-14(16(19)20)17-15(18)13-9-7-12(8-10-13)11-21-4-2/h7-10,14H,3-6,11H2,1-2H3,(H,17,18)(H,19,20). The number of hydrogen-bond acceptors (Lipinski definition) is 3. The van der Waals surface area contributed by atoms with E-state index in [1.807, 2.05) is 30.8 Å². The Hall–Kier alpha value is -1.49. The van der Waals surface area contributed by atoms with Gasteiger partial charge < -0.3 is 10.4 Å². The van der Waals surface area contributed by atoms with Crippen LogP contribution in [0.2, 0.25) is 0 Å². The van der Waals surface area contributed by atoms with Crippen LogP contribution < -0.4 is 5.32 Å². The first-order valence-corrected chi connectivity index (χ1v) is 8.44. The van der Waals surface area contributed by atoms with Gasteiger partial charge in [0.2, 0.25) is 0 Å². The van der Waals surface area contributed by atoms with Gasteiger partial charge in [0.05, 0.1) is 0 Å². The fraction of sp³-hybridized carbons (Fsp3) is 0.500. The van der Waals surface area contributed by atoms with Crippen LogP contribution in [0.15, 0.2) is 24.3 Å². The van der Waals surface area contributed by atoms with Crippen molar-refractivity contribution in [2.45, 2.75) is 44.9 Å². The Balaban J connectivity index is 2.62. The van der Waals surface area contributed by atoms with Crippen LogP contribution in [0.3, 0.4) is 0 Å². The Labute approximate surface area is 130 Å². The van der Waals surface area contributed by atoms with Crippen LogP contribution in [0.4, 0.5) is 0 Å². The number of carbonyl (C=O) groups is 2. The van der Waals surface area contributed by atoms with Gasteiger partial charge in [-0.15, -0.1) is 0 Å². The molecule has 1 atom stereocenters. The summed E-state index contributed by atoms with van der Waals surface area (Å²) in [6, 6.07) is 6.52. The number of carboxylic acids is 1. The first kappa shape index (κ1) is 17.6. The number of amides is 1. The van der Waals surface area contributed by atoms with E-state index in [2.05, 4.69) is 12.2 Å². The Morgan fingerprint density at radius 2 is 1.90 bits per heavy atom. The van der Waals surface area contributed by atoms with E-state index in [-0.39, 0.29) is 5.91 Å². The second kappa shape index (κ2) is 9.45. The fourth-order valence-electron chi connectivity index (χ4n) is 1.88. The smallest absolute Gasteiger partial charge is 0.326 e. The lowest BCUT2D eigenvalue weighted by atomic mass is 10.1. The molecule has 21 heavy (non-hydrogen) atoms. The third kappa shape index (κ3) is 6.21. The zero-order valence-corrected chi connectivity index (χ0v) is 13.4. The Bertz CT molecular complexity index is 459. The van der Waals surface area contributed by atoms with Crippen molar-refractivity contribution in [1.29, 1.82) is 0 Å². The van der Waals surface area contributed by atoms with Crippen molar-refractivity contribution >= 4 is 23.6 Å². The lowest BCUT2D eigenvalue weighted by Gasteiger charge is -2.14. The fourth-order valence-corrected chi connectivity index (χ4v) is 2.51.